The van der Waals surface area contributed by atoms with Crippen LogP contribution in [0.1, 0.15) is 104 Å². The van der Waals surface area contributed by atoms with Crippen molar-refractivity contribution in [2.24, 2.45) is 28.6 Å². The molecule has 4 aliphatic rings. The molecule has 0 spiro atoms. The van der Waals surface area contributed by atoms with Gasteiger partial charge in [0.05, 0.1) is 31.0 Å². The topological polar surface area (TPSA) is 211 Å². The lowest BCUT2D eigenvalue weighted by molar-refractivity contribution is -0.220. The molecule has 15 heteroatoms. The number of anilines is 1. The first-order valence-electron chi connectivity index (χ1n) is 22.8. The molecule has 3 fully saturated rings. The Morgan fingerprint density at radius 1 is 0.955 bits per heavy atom. The highest BCUT2D eigenvalue weighted by Gasteiger charge is 2.75. The fraction of sp³-hybridized carbons (Fsp3) is 0.529. The SMILES string of the molecule is C[C@@H]1C[C@H]2[C@@H]3CCC4=CC(O)C=C[C@]4(C)[C@@]3(F)[C@@H](O)C[C@]2(C)[C@@]1(O)C(=O)COC(=O)CCC(=O)OCc1ccc(C(CCNC(=O)OC(C)(C)C)C(=O)Nc2ccc3cnccc3c2)cc1. The van der Waals surface area contributed by atoms with Crippen LogP contribution in [0.25, 0.3) is 10.8 Å². The Morgan fingerprint density at radius 3 is 2.38 bits per heavy atom. The van der Waals surface area contributed by atoms with Gasteiger partial charge in [0.1, 0.15) is 17.8 Å². The first kappa shape index (κ1) is 48.4. The summed E-state index contributed by atoms with van der Waals surface area (Å²) in [5.41, 5.74) is -4.56. The second-order valence-corrected chi connectivity index (χ2v) is 20.0. The molecule has 14 nitrogen and oxygen atoms in total. The van der Waals surface area contributed by atoms with Crippen LogP contribution in [0, 0.1) is 28.6 Å². The number of ketones is 1. The Labute approximate surface area is 384 Å². The van der Waals surface area contributed by atoms with Gasteiger partial charge in [-0.25, -0.2) is 9.18 Å². The number of fused-ring (bicyclic) bond motifs is 6. The maximum absolute atomic E-state index is 17.5. The van der Waals surface area contributed by atoms with Crippen LogP contribution in [-0.4, -0.2) is 92.3 Å². The number of pyridine rings is 1. The van der Waals surface area contributed by atoms with E-state index in [1.807, 2.05) is 18.2 Å². The normalized spacial score (nSPS) is 30.5. The van der Waals surface area contributed by atoms with Crippen LogP contribution in [0.5, 0.6) is 0 Å². The summed E-state index contributed by atoms with van der Waals surface area (Å²) in [5.74, 6) is -5.00. The second-order valence-electron chi connectivity index (χ2n) is 20.0. The number of aromatic nitrogens is 1. The van der Waals surface area contributed by atoms with Crippen molar-refractivity contribution in [2.75, 3.05) is 18.5 Å². The largest absolute Gasteiger partial charge is 0.461 e. The van der Waals surface area contributed by atoms with Gasteiger partial charge < -0.3 is 40.2 Å². The van der Waals surface area contributed by atoms with Gasteiger partial charge in [0.15, 0.2) is 12.3 Å². The number of halogens is 1. The van der Waals surface area contributed by atoms with Crippen molar-refractivity contribution in [1.82, 2.24) is 10.3 Å². The van der Waals surface area contributed by atoms with E-state index in [1.54, 1.807) is 96.4 Å². The smallest absolute Gasteiger partial charge is 0.407 e. The van der Waals surface area contributed by atoms with Gasteiger partial charge >= 0.3 is 18.0 Å². The second kappa shape index (κ2) is 18.6. The number of hydrogen-bond donors (Lipinski definition) is 5. The molecule has 1 heterocycles. The van der Waals surface area contributed by atoms with Crippen molar-refractivity contribution in [3.8, 4) is 0 Å². The molecule has 0 aliphatic heterocycles. The lowest BCUT2D eigenvalue weighted by Crippen LogP contribution is -2.69. The summed E-state index contributed by atoms with van der Waals surface area (Å²) < 4.78 is 33.6. The van der Waals surface area contributed by atoms with Crippen molar-refractivity contribution in [3.05, 3.63) is 95.9 Å². The number of aliphatic hydroxyl groups excluding tert-OH is 2. The molecule has 354 valence electrons. The third-order valence-electron chi connectivity index (χ3n) is 14.8. The molecular formula is C51H62FN3O11. The monoisotopic (exact) mass is 911 g/mol. The standard InChI is InChI=1S/C51H62FN3O11/c1-30-23-40-39-14-12-35-25-37(56)17-20-48(35,5)50(39,52)41(57)26-49(40,6)51(30,63)42(58)29-65-44(60)16-15-43(59)64-28-31-7-9-32(10-8-31)38(19-22-54-46(62)66-47(2,3)4)45(61)55-36-13-11-34-27-53-21-18-33(34)24-36/h7-11,13,17-18,20-21,24-25,27,30,37-41,56-57,63H,12,14-16,19,22-23,26,28-29H2,1-6H3,(H,54,62)(H,55,61)/t30-,37?,38?,39+,40+,41+,48+,49+,50+,51+/m1/s1. The molecule has 7 rings (SSSR count). The summed E-state index contributed by atoms with van der Waals surface area (Å²) >= 11 is 0. The molecule has 1 aromatic heterocycles. The van der Waals surface area contributed by atoms with E-state index in [0.29, 0.717) is 36.1 Å². The van der Waals surface area contributed by atoms with Crippen LogP contribution in [0.3, 0.4) is 0 Å². The number of nitrogens with zero attached hydrogens (tertiary/aromatic N) is 1. The number of rotatable bonds is 14. The van der Waals surface area contributed by atoms with Gasteiger partial charge in [0, 0.05) is 46.8 Å². The minimum atomic E-state index is -2.08. The summed E-state index contributed by atoms with van der Waals surface area (Å²) in [5, 5.41) is 41.6. The highest BCUT2D eigenvalue weighted by atomic mass is 19.1. The van der Waals surface area contributed by atoms with Crippen molar-refractivity contribution in [2.45, 2.75) is 128 Å². The minimum Gasteiger partial charge on any atom is -0.461 e. The fourth-order valence-corrected chi connectivity index (χ4v) is 11.3. The zero-order valence-electron chi connectivity index (χ0n) is 38.5. The van der Waals surface area contributed by atoms with Crippen LogP contribution in [0.2, 0.25) is 0 Å². The van der Waals surface area contributed by atoms with E-state index in [0.717, 1.165) is 16.3 Å². The van der Waals surface area contributed by atoms with E-state index >= 15 is 4.39 Å². The number of nitrogens with one attached hydrogen (secondary N) is 2. The summed E-state index contributed by atoms with van der Waals surface area (Å²) in [7, 11) is 0. The van der Waals surface area contributed by atoms with Crippen LogP contribution in [0.4, 0.5) is 14.9 Å². The highest BCUT2D eigenvalue weighted by Crippen LogP contribution is 2.70. The number of alkyl halides is 1. The molecule has 66 heavy (non-hydrogen) atoms. The van der Waals surface area contributed by atoms with E-state index in [-0.39, 0.29) is 44.7 Å². The third-order valence-corrected chi connectivity index (χ3v) is 14.8. The summed E-state index contributed by atoms with van der Waals surface area (Å²) in [6, 6.07) is 14.3. The van der Waals surface area contributed by atoms with Gasteiger partial charge in [-0.05, 0) is 106 Å². The molecule has 10 atom stereocenters. The zero-order valence-corrected chi connectivity index (χ0v) is 38.5. The summed E-state index contributed by atoms with van der Waals surface area (Å²) in [6.07, 6.45) is 5.85. The quantitative estimate of drug-likeness (QED) is 0.0633. The lowest BCUT2D eigenvalue weighted by atomic mass is 9.44. The van der Waals surface area contributed by atoms with Crippen molar-refractivity contribution < 1.29 is 57.9 Å². The molecule has 2 unspecified atom stereocenters. The molecule has 2 amide bonds. The Bertz CT molecular complexity index is 2420. The highest BCUT2D eigenvalue weighted by molar-refractivity contribution is 5.98. The molecule has 3 aromatic rings. The van der Waals surface area contributed by atoms with Gasteiger partial charge in [-0.3, -0.25) is 24.2 Å². The average molecular weight is 912 g/mol. The number of amides is 2. The van der Waals surface area contributed by atoms with Crippen molar-refractivity contribution in [3.63, 3.8) is 0 Å². The number of hydrogen-bond acceptors (Lipinski definition) is 12. The number of benzene rings is 2. The molecule has 0 radical (unpaired) electrons. The van der Waals surface area contributed by atoms with Gasteiger partial charge in [-0.2, -0.15) is 0 Å². The van der Waals surface area contributed by atoms with Gasteiger partial charge in [0.25, 0.3) is 0 Å². The molecular weight excluding hydrogens is 850 g/mol. The van der Waals surface area contributed by atoms with Gasteiger partial charge in [-0.15, -0.1) is 0 Å². The van der Waals surface area contributed by atoms with Crippen LogP contribution in [0.15, 0.2) is 84.7 Å². The van der Waals surface area contributed by atoms with Crippen molar-refractivity contribution in [1.29, 1.82) is 0 Å². The van der Waals surface area contributed by atoms with E-state index in [9.17, 15) is 39.3 Å². The number of Topliss-reactive ketones (excluding diaryl/α,β-unsaturated/α-hetero) is 1. The van der Waals surface area contributed by atoms with E-state index < -0.39 is 94.0 Å². The van der Waals surface area contributed by atoms with E-state index in [4.69, 9.17) is 14.2 Å². The van der Waals surface area contributed by atoms with Gasteiger partial charge in [-0.1, -0.05) is 68.0 Å². The summed E-state index contributed by atoms with van der Waals surface area (Å²) in [4.78, 5) is 69.6. The predicted octanol–water partition coefficient (Wildman–Crippen LogP) is 6.95. The summed E-state index contributed by atoms with van der Waals surface area (Å²) in [6.45, 7) is 9.73. The number of alkyl carbamates (subject to hydrolysis) is 1. The first-order chi connectivity index (χ1) is 31.1. The van der Waals surface area contributed by atoms with Gasteiger partial charge in [0.2, 0.25) is 11.7 Å². The number of carbonyl (C=O) groups is 5. The molecule has 4 aliphatic carbocycles. The van der Waals surface area contributed by atoms with E-state index in [1.165, 1.54) is 6.08 Å². The molecule has 0 bridgehead atoms. The maximum atomic E-state index is 17.5. The first-order valence-corrected chi connectivity index (χ1v) is 22.8. The van der Waals surface area contributed by atoms with Crippen LogP contribution in [-0.2, 0) is 40.0 Å². The minimum absolute atomic E-state index is 0.123. The molecule has 0 saturated heterocycles. The van der Waals surface area contributed by atoms with E-state index in [2.05, 4.69) is 15.6 Å². The number of allylic oxidation sites excluding steroid dienone is 2. The zero-order chi connectivity index (χ0) is 47.8. The lowest BCUT2D eigenvalue weighted by Gasteiger charge is -2.62. The number of ether oxygens (including phenoxy) is 3. The number of esters is 2. The third kappa shape index (κ3) is 9.26. The number of carbonyl (C=O) groups excluding carboxylic acids is 5. The Morgan fingerprint density at radius 2 is 1.67 bits per heavy atom. The Hall–Kier alpha value is -5.51. The molecule has 2 aromatic carbocycles. The Kier molecular flexibility index (Phi) is 13.7. The average Bonchev–Trinajstić information content (AvgIpc) is 3.47. The van der Waals surface area contributed by atoms with Crippen LogP contribution < -0.4 is 10.6 Å². The number of aliphatic hydroxyl groups is 3. The predicted molar refractivity (Wildman–Crippen MR) is 242 cm³/mol. The fourth-order valence-electron chi connectivity index (χ4n) is 11.3. The molecule has 5 N–H and O–H groups in total. The molecule has 3 saturated carbocycles. The Balaban J connectivity index is 0.911. The maximum Gasteiger partial charge on any atom is 0.407 e. The van der Waals surface area contributed by atoms with Crippen molar-refractivity contribution >= 4 is 46.2 Å². The van der Waals surface area contributed by atoms with Crippen LogP contribution >= 0.6 is 0 Å².